The summed E-state index contributed by atoms with van der Waals surface area (Å²) >= 11 is 0. The number of amides is 1. The van der Waals surface area contributed by atoms with E-state index in [9.17, 15) is 40.7 Å². The topological polar surface area (TPSA) is 165 Å². The molecule has 22 heteroatoms. The van der Waals surface area contributed by atoms with Crippen molar-refractivity contribution in [1.29, 1.82) is 0 Å². The maximum absolute atomic E-state index is 13.2. The molecule has 0 fully saturated rings. The fourth-order valence-corrected chi connectivity index (χ4v) is 6.70. The van der Waals surface area contributed by atoms with E-state index in [1.807, 2.05) is 62.5 Å². The van der Waals surface area contributed by atoms with Crippen LogP contribution in [0.25, 0.3) is 0 Å². The third-order valence-electron chi connectivity index (χ3n) is 10.9. The highest BCUT2D eigenvalue weighted by Crippen LogP contribution is 2.30. The van der Waals surface area contributed by atoms with E-state index in [1.165, 1.54) is 25.7 Å². The van der Waals surface area contributed by atoms with Gasteiger partial charge >= 0.3 is 12.4 Å². The van der Waals surface area contributed by atoms with Crippen molar-refractivity contribution >= 4 is 17.5 Å². The molecule has 0 spiro atoms. The second kappa shape index (κ2) is 54.8. The molecule has 0 radical (unpaired) electrons. The van der Waals surface area contributed by atoms with E-state index in [1.54, 1.807) is 0 Å². The fourth-order valence-electron chi connectivity index (χ4n) is 6.70. The van der Waals surface area contributed by atoms with E-state index in [0.717, 1.165) is 69.5 Å². The van der Waals surface area contributed by atoms with Crippen LogP contribution in [0, 0.1) is 5.92 Å². The first-order valence-corrected chi connectivity index (χ1v) is 27.3. The lowest BCUT2D eigenvalue weighted by atomic mass is 9.93. The summed E-state index contributed by atoms with van der Waals surface area (Å²) in [5.74, 6) is -10.5. The zero-order valence-corrected chi connectivity index (χ0v) is 46.1. The molecule has 0 saturated heterocycles. The number of Topliss-reactive ketones (excluding diaryl/α,β-unsaturated/α-hetero) is 2. The molecule has 0 rings (SSSR count). The maximum atomic E-state index is 13.2. The predicted molar refractivity (Wildman–Crippen MR) is 280 cm³/mol. The number of hydrogen-bond donors (Lipinski definition) is 0. The van der Waals surface area contributed by atoms with Gasteiger partial charge in [-0.25, -0.2) is 0 Å². The van der Waals surface area contributed by atoms with Gasteiger partial charge in [-0.1, -0.05) is 100.0 Å². The van der Waals surface area contributed by atoms with Crippen LogP contribution in [0.2, 0.25) is 0 Å². The van der Waals surface area contributed by atoms with Crippen molar-refractivity contribution in [3.8, 4) is 0 Å². The summed E-state index contributed by atoms with van der Waals surface area (Å²) in [4.78, 5) is 37.6. The molecule has 1 amide bonds. The summed E-state index contributed by atoms with van der Waals surface area (Å²) in [5, 5.41) is 0. The maximum Gasteiger partial charge on any atom is 0.450 e. The molecule has 0 aliphatic rings. The highest BCUT2D eigenvalue weighted by atomic mass is 19.4. The van der Waals surface area contributed by atoms with Crippen LogP contribution in [0.1, 0.15) is 97.3 Å². The molecular weight excluding hydrogens is 1030 g/mol. The first-order chi connectivity index (χ1) is 37.4. The van der Waals surface area contributed by atoms with E-state index in [4.69, 9.17) is 56.8 Å². The largest absolute Gasteiger partial charge is 0.450 e. The van der Waals surface area contributed by atoms with Gasteiger partial charge in [-0.05, 0) is 39.5 Å². The zero-order chi connectivity index (χ0) is 56.6. The molecule has 0 aliphatic heterocycles. The summed E-state index contributed by atoms with van der Waals surface area (Å²) in [6, 6.07) is 0. The molecule has 0 aliphatic carbocycles. The first-order valence-electron chi connectivity index (χ1n) is 27.3. The van der Waals surface area contributed by atoms with Gasteiger partial charge in [0.2, 0.25) is 17.5 Å². The number of hydrogen-bond acceptors (Lipinski definition) is 15. The van der Waals surface area contributed by atoms with Crippen LogP contribution in [0.5, 0.6) is 0 Å². The molecule has 0 atom stereocenters. The normalized spacial score (nSPS) is 12.5. The van der Waals surface area contributed by atoms with Crippen LogP contribution in [-0.2, 0) is 71.2 Å². The van der Waals surface area contributed by atoms with E-state index < -0.39 is 42.2 Å². The molecule has 0 heterocycles. The SMILES string of the molecule is C/C=C/C=CCOCCCCCCCCOCCOCCOCCOCCOCCN(CCOCCOCCOCCOCCOCCCCCCCCOC/C=C\C=C\C)C(=O)CC(C(=O)C(F)(F)F)C(=O)C(F)(F)F. The average Bonchev–Trinajstić information content (AvgIpc) is 3.40. The summed E-state index contributed by atoms with van der Waals surface area (Å²) in [6.45, 7) is 11.9. The molecule has 0 aromatic heterocycles. The number of rotatable bonds is 58. The minimum atomic E-state index is -5.78. The number of ether oxygens (including phenoxy) is 12. The number of carbonyl (C=O) groups is 3. The predicted octanol–water partition coefficient (Wildman–Crippen LogP) is 9.23. The Morgan fingerprint density at radius 3 is 0.870 bits per heavy atom. The summed E-state index contributed by atoms with van der Waals surface area (Å²) < 4.78 is 145. The molecule has 0 saturated carbocycles. The number of ketones is 2. The lowest BCUT2D eigenvalue weighted by molar-refractivity contribution is -0.190. The molecule has 450 valence electrons. The highest BCUT2D eigenvalue weighted by Gasteiger charge is 2.54. The second-order valence-corrected chi connectivity index (χ2v) is 17.3. The van der Waals surface area contributed by atoms with Crippen LogP contribution < -0.4 is 0 Å². The van der Waals surface area contributed by atoms with Gasteiger partial charge in [0, 0.05) is 45.9 Å². The van der Waals surface area contributed by atoms with Crippen molar-refractivity contribution in [2.24, 2.45) is 5.92 Å². The summed E-state index contributed by atoms with van der Waals surface area (Å²) in [7, 11) is 0. The molecule has 77 heavy (non-hydrogen) atoms. The van der Waals surface area contributed by atoms with Gasteiger partial charge in [-0.15, -0.1) is 0 Å². The van der Waals surface area contributed by atoms with Crippen LogP contribution >= 0.6 is 0 Å². The average molecular weight is 1120 g/mol. The third kappa shape index (κ3) is 50.8. The van der Waals surface area contributed by atoms with E-state index in [0.29, 0.717) is 79.3 Å². The standard InChI is InChI=1S/C55H93F6NO15/c1-3-5-7-17-25-66-27-19-13-9-11-15-21-29-68-33-37-72-41-45-76-47-43-74-39-35-70-31-23-62(51(63)49-50(52(64)54(56,57)58)53(65)55(59,60)61)24-32-71-36-40-75-44-48-77-46-42-73-38-34-69-30-22-16-12-10-14-20-28-67-26-18-8-6-4-2/h3-8,17-18,50H,9-16,19-49H2,1-2H3/b5-3+,6-4+,17-7-,18-8?. The van der Waals surface area contributed by atoms with Gasteiger partial charge in [-0.2, -0.15) is 26.3 Å². The van der Waals surface area contributed by atoms with E-state index in [-0.39, 0.29) is 79.2 Å². The van der Waals surface area contributed by atoms with Crippen molar-refractivity contribution < 1.29 is 97.6 Å². The number of halogens is 6. The van der Waals surface area contributed by atoms with Crippen molar-refractivity contribution in [1.82, 2.24) is 4.90 Å². The van der Waals surface area contributed by atoms with E-state index >= 15 is 0 Å². The Morgan fingerprint density at radius 2 is 0.597 bits per heavy atom. The quantitative estimate of drug-likeness (QED) is 0.0245. The van der Waals surface area contributed by atoms with Gasteiger partial charge in [0.25, 0.3) is 0 Å². The molecular formula is C55H93F6NO15. The summed E-state index contributed by atoms with van der Waals surface area (Å²) in [5.41, 5.74) is 0. The number of allylic oxidation sites excluding steroid dienone is 6. The lowest BCUT2D eigenvalue weighted by Crippen LogP contribution is -2.45. The van der Waals surface area contributed by atoms with Crippen molar-refractivity contribution in [3.05, 3.63) is 48.6 Å². The third-order valence-corrected chi connectivity index (χ3v) is 10.9. The Morgan fingerprint density at radius 1 is 0.351 bits per heavy atom. The molecule has 0 unspecified atom stereocenters. The minimum Gasteiger partial charge on any atom is -0.379 e. The van der Waals surface area contributed by atoms with Crippen LogP contribution in [-0.4, -0.2) is 206 Å². The lowest BCUT2D eigenvalue weighted by Gasteiger charge is -2.25. The fraction of sp³-hybridized carbons (Fsp3) is 0.800. The number of nitrogens with zero attached hydrogens (tertiary/aromatic N) is 1. The van der Waals surface area contributed by atoms with Gasteiger partial charge in [0.1, 0.15) is 5.92 Å². The monoisotopic (exact) mass is 1120 g/mol. The van der Waals surface area contributed by atoms with Crippen LogP contribution in [0.3, 0.4) is 0 Å². The first kappa shape index (κ1) is 73.9. The van der Waals surface area contributed by atoms with Gasteiger partial charge in [-0.3, -0.25) is 14.4 Å². The van der Waals surface area contributed by atoms with Gasteiger partial charge in [0.05, 0.1) is 132 Å². The number of alkyl halides is 6. The zero-order valence-electron chi connectivity index (χ0n) is 46.1. The highest BCUT2D eigenvalue weighted by molar-refractivity contribution is 6.09. The smallest absolute Gasteiger partial charge is 0.379 e. The Balaban J connectivity index is 4.19. The Bertz CT molecular complexity index is 1390. The minimum absolute atomic E-state index is 0.0348. The summed E-state index contributed by atoms with van der Waals surface area (Å²) in [6.07, 6.45) is 16.0. The number of unbranched alkanes of at least 4 members (excludes halogenated alkanes) is 10. The van der Waals surface area contributed by atoms with Crippen molar-refractivity contribution in [2.75, 3.05) is 172 Å². The Kier molecular flexibility index (Phi) is 52.6. The Hall–Kier alpha value is -3.13. The molecule has 0 N–H and O–H groups in total. The van der Waals surface area contributed by atoms with Crippen molar-refractivity contribution in [3.63, 3.8) is 0 Å². The van der Waals surface area contributed by atoms with Gasteiger partial charge in [0.15, 0.2) is 0 Å². The second-order valence-electron chi connectivity index (χ2n) is 17.3. The van der Waals surface area contributed by atoms with Crippen LogP contribution in [0.15, 0.2) is 48.6 Å². The molecule has 0 aromatic carbocycles. The number of carbonyl (C=O) groups excluding carboxylic acids is 3. The van der Waals surface area contributed by atoms with Gasteiger partial charge < -0.3 is 61.7 Å². The van der Waals surface area contributed by atoms with Crippen LogP contribution in [0.4, 0.5) is 26.3 Å². The van der Waals surface area contributed by atoms with E-state index in [2.05, 4.69) is 0 Å². The molecule has 16 nitrogen and oxygen atoms in total. The Labute approximate surface area is 454 Å². The molecule has 0 bridgehead atoms. The molecule has 0 aromatic rings. The van der Waals surface area contributed by atoms with Crippen molar-refractivity contribution in [2.45, 2.75) is 110 Å².